The summed E-state index contributed by atoms with van der Waals surface area (Å²) in [5, 5.41) is 0. The van der Waals surface area contributed by atoms with Crippen LogP contribution in [0.3, 0.4) is 0 Å². The molecule has 0 aromatic heterocycles. The molecule has 2 nitrogen and oxygen atoms in total. The van der Waals surface area contributed by atoms with E-state index in [0.717, 1.165) is 6.42 Å². The minimum Gasteiger partial charge on any atom is -0.299 e. The predicted molar refractivity (Wildman–Crippen MR) is 49.4 cm³/mol. The van der Waals surface area contributed by atoms with E-state index < -0.39 is 0 Å². The van der Waals surface area contributed by atoms with Gasteiger partial charge in [-0.15, -0.1) is 0 Å². The van der Waals surface area contributed by atoms with Gasteiger partial charge in [-0.1, -0.05) is 6.92 Å². The third kappa shape index (κ3) is 0.541. The molecule has 4 aliphatic rings. The zero-order chi connectivity index (χ0) is 9.61. The van der Waals surface area contributed by atoms with Gasteiger partial charge in [0.1, 0.15) is 11.6 Å². The number of fused-ring (bicyclic) bond motifs is 2. The maximum absolute atomic E-state index is 12.0. The molecule has 0 amide bonds. The Morgan fingerprint density at radius 1 is 1.07 bits per heavy atom. The second-order valence-electron chi connectivity index (χ2n) is 5.72. The molecular weight excluding hydrogens is 176 g/mol. The predicted octanol–water partition coefficient (Wildman–Crippen LogP) is 1.29. The molecule has 0 N–H and O–H groups in total. The highest BCUT2D eigenvalue weighted by Gasteiger charge is 2.71. The minimum absolute atomic E-state index is 0.159. The Labute approximate surface area is 83.1 Å². The Morgan fingerprint density at radius 2 is 1.86 bits per heavy atom. The summed E-state index contributed by atoms with van der Waals surface area (Å²) in [4.78, 5) is 23.8. The lowest BCUT2D eigenvalue weighted by atomic mass is 9.78. The van der Waals surface area contributed by atoms with E-state index in [4.69, 9.17) is 0 Å². The second-order valence-corrected chi connectivity index (χ2v) is 5.72. The van der Waals surface area contributed by atoms with Crippen LogP contribution in [0.5, 0.6) is 0 Å². The summed E-state index contributed by atoms with van der Waals surface area (Å²) in [5.41, 5.74) is 0. The van der Waals surface area contributed by atoms with E-state index in [1.807, 2.05) is 0 Å². The Kier molecular flexibility index (Phi) is 1.07. The number of hydrogen-bond donors (Lipinski definition) is 0. The van der Waals surface area contributed by atoms with Crippen molar-refractivity contribution in [2.24, 2.45) is 41.4 Å². The van der Waals surface area contributed by atoms with E-state index in [-0.39, 0.29) is 17.8 Å². The molecule has 7 atom stereocenters. The molecule has 4 fully saturated rings. The third-order valence-electron chi connectivity index (χ3n) is 5.56. The lowest BCUT2D eigenvalue weighted by Gasteiger charge is -2.24. The Morgan fingerprint density at radius 3 is 2.64 bits per heavy atom. The lowest BCUT2D eigenvalue weighted by Crippen LogP contribution is -2.26. The lowest BCUT2D eigenvalue weighted by molar-refractivity contribution is -0.130. The fraction of sp³-hybridized carbons (Fsp3) is 0.833. The second kappa shape index (κ2) is 1.98. The van der Waals surface area contributed by atoms with Gasteiger partial charge in [0, 0.05) is 24.2 Å². The van der Waals surface area contributed by atoms with Gasteiger partial charge in [-0.2, -0.15) is 0 Å². The first kappa shape index (κ1) is 7.61. The number of ketones is 2. The van der Waals surface area contributed by atoms with Crippen LogP contribution in [0.4, 0.5) is 0 Å². The number of rotatable bonds is 0. The smallest absolute Gasteiger partial charge is 0.140 e. The van der Waals surface area contributed by atoms with Crippen LogP contribution in [0.15, 0.2) is 0 Å². The van der Waals surface area contributed by atoms with Crippen LogP contribution in [-0.4, -0.2) is 11.6 Å². The zero-order valence-corrected chi connectivity index (χ0v) is 8.27. The SMILES string of the molecule is CC1C(=O)C2C3CC4C(CC(=O)C42)C13. The molecule has 0 aromatic carbocycles. The molecule has 7 unspecified atom stereocenters. The molecule has 0 aliphatic heterocycles. The van der Waals surface area contributed by atoms with Crippen molar-refractivity contribution >= 4 is 11.6 Å². The van der Waals surface area contributed by atoms with Gasteiger partial charge in [0.05, 0.1) is 0 Å². The van der Waals surface area contributed by atoms with Gasteiger partial charge in [0.2, 0.25) is 0 Å². The summed E-state index contributed by atoms with van der Waals surface area (Å²) in [5.74, 6) is 3.80. The van der Waals surface area contributed by atoms with E-state index >= 15 is 0 Å². The van der Waals surface area contributed by atoms with Crippen LogP contribution in [0, 0.1) is 41.4 Å². The zero-order valence-electron chi connectivity index (χ0n) is 8.27. The molecular formula is C12H14O2. The van der Waals surface area contributed by atoms with E-state index in [2.05, 4.69) is 6.92 Å². The molecule has 4 aliphatic carbocycles. The average molecular weight is 190 g/mol. The average Bonchev–Trinajstić information content (AvgIpc) is 2.76. The Balaban J connectivity index is 1.93. The molecule has 0 aromatic rings. The number of carbonyl (C=O) groups excluding carboxylic acids is 2. The van der Waals surface area contributed by atoms with Crippen molar-refractivity contribution in [3.63, 3.8) is 0 Å². The van der Waals surface area contributed by atoms with Crippen LogP contribution >= 0.6 is 0 Å². The highest BCUT2D eigenvalue weighted by molar-refractivity contribution is 5.97. The molecule has 4 saturated carbocycles. The topological polar surface area (TPSA) is 34.1 Å². The van der Waals surface area contributed by atoms with E-state index in [1.54, 1.807) is 0 Å². The van der Waals surface area contributed by atoms with Gasteiger partial charge in [-0.3, -0.25) is 9.59 Å². The summed E-state index contributed by atoms with van der Waals surface area (Å²) in [6.45, 7) is 2.09. The van der Waals surface area contributed by atoms with Crippen molar-refractivity contribution in [2.45, 2.75) is 19.8 Å². The fourth-order valence-electron chi connectivity index (χ4n) is 5.30. The molecule has 2 heteroatoms. The summed E-state index contributed by atoms with van der Waals surface area (Å²) >= 11 is 0. The van der Waals surface area contributed by atoms with Gasteiger partial charge in [-0.05, 0) is 30.1 Å². The van der Waals surface area contributed by atoms with E-state index in [1.165, 1.54) is 6.42 Å². The van der Waals surface area contributed by atoms with Gasteiger partial charge < -0.3 is 0 Å². The van der Waals surface area contributed by atoms with Gasteiger partial charge in [0.15, 0.2) is 0 Å². The van der Waals surface area contributed by atoms with Crippen LogP contribution < -0.4 is 0 Å². The third-order valence-corrected chi connectivity index (χ3v) is 5.56. The van der Waals surface area contributed by atoms with Gasteiger partial charge >= 0.3 is 0 Å². The first-order chi connectivity index (χ1) is 6.70. The molecule has 4 rings (SSSR count). The standard InChI is InChI=1S/C12H14O2/c1-4-9-6-3-8(13)10-5(6)2-7(9)11(10)12(4)14/h4-7,9-11H,2-3H2,1H3. The van der Waals surface area contributed by atoms with Crippen LogP contribution in [0.1, 0.15) is 19.8 Å². The van der Waals surface area contributed by atoms with Crippen LogP contribution in [0.2, 0.25) is 0 Å². The first-order valence-electron chi connectivity index (χ1n) is 5.76. The summed E-state index contributed by atoms with van der Waals surface area (Å²) in [6.07, 6.45) is 1.98. The van der Waals surface area contributed by atoms with Crippen molar-refractivity contribution in [3.8, 4) is 0 Å². The fourth-order valence-corrected chi connectivity index (χ4v) is 5.30. The van der Waals surface area contributed by atoms with E-state index in [0.29, 0.717) is 35.2 Å². The monoisotopic (exact) mass is 190 g/mol. The van der Waals surface area contributed by atoms with Crippen molar-refractivity contribution in [3.05, 3.63) is 0 Å². The molecule has 0 saturated heterocycles. The quantitative estimate of drug-likeness (QED) is 0.577. The minimum atomic E-state index is 0.159. The number of Topliss-reactive ketones (excluding diaryl/α,β-unsaturated/α-hetero) is 2. The summed E-state index contributed by atoms with van der Waals surface area (Å²) in [7, 11) is 0. The van der Waals surface area contributed by atoms with Gasteiger partial charge in [-0.25, -0.2) is 0 Å². The van der Waals surface area contributed by atoms with Crippen molar-refractivity contribution in [1.29, 1.82) is 0 Å². The van der Waals surface area contributed by atoms with Crippen LogP contribution in [0.25, 0.3) is 0 Å². The van der Waals surface area contributed by atoms with Crippen molar-refractivity contribution in [1.82, 2.24) is 0 Å². The Bertz CT molecular complexity index is 357. The first-order valence-corrected chi connectivity index (χ1v) is 5.76. The number of hydrogen-bond acceptors (Lipinski definition) is 2. The molecule has 14 heavy (non-hydrogen) atoms. The molecule has 74 valence electrons. The molecule has 0 spiro atoms. The number of carbonyl (C=O) groups is 2. The summed E-state index contributed by atoms with van der Waals surface area (Å²) in [6, 6.07) is 0. The Hall–Kier alpha value is -0.660. The van der Waals surface area contributed by atoms with Crippen molar-refractivity contribution < 1.29 is 9.59 Å². The van der Waals surface area contributed by atoms with Crippen molar-refractivity contribution in [2.75, 3.05) is 0 Å². The maximum Gasteiger partial charge on any atom is 0.140 e. The summed E-state index contributed by atoms with van der Waals surface area (Å²) < 4.78 is 0. The molecule has 0 radical (unpaired) electrons. The normalized spacial score (nSPS) is 63.1. The highest BCUT2D eigenvalue weighted by atomic mass is 16.1. The van der Waals surface area contributed by atoms with Gasteiger partial charge in [0.25, 0.3) is 0 Å². The molecule has 2 bridgehead atoms. The molecule has 0 heterocycles. The van der Waals surface area contributed by atoms with E-state index in [9.17, 15) is 9.59 Å². The van der Waals surface area contributed by atoms with Crippen LogP contribution in [-0.2, 0) is 9.59 Å². The highest BCUT2D eigenvalue weighted by Crippen LogP contribution is 2.69. The largest absolute Gasteiger partial charge is 0.299 e. The maximum atomic E-state index is 12.0.